The van der Waals surface area contributed by atoms with Crippen LogP contribution in [0.1, 0.15) is 70.8 Å². The van der Waals surface area contributed by atoms with E-state index in [0.717, 1.165) is 29.5 Å². The fraction of sp³-hybridized carbons (Fsp3) is 0.522. The van der Waals surface area contributed by atoms with E-state index < -0.39 is 12.0 Å². The Labute approximate surface area is 188 Å². The molecule has 1 aliphatic heterocycles. The quantitative estimate of drug-likeness (QED) is 0.230. The molecule has 0 aliphatic carbocycles. The first-order valence-electron chi connectivity index (χ1n) is 10.7. The molecule has 164 valence electrons. The van der Waals surface area contributed by atoms with Crippen LogP contribution in [-0.4, -0.2) is 38.9 Å². The van der Waals surface area contributed by atoms with Gasteiger partial charge in [0.25, 0.3) is 5.91 Å². The number of unbranched alkanes of at least 4 members (excludes halogenated alkanes) is 5. The lowest BCUT2D eigenvalue weighted by molar-refractivity contribution is -0.145. The van der Waals surface area contributed by atoms with Crippen LogP contribution in [0.5, 0.6) is 5.75 Å². The second kappa shape index (κ2) is 12.7. The number of carboxylic acid groups (broad SMARTS) is 1. The van der Waals surface area contributed by atoms with Gasteiger partial charge in [-0.1, -0.05) is 88.5 Å². The molecular formula is C23H31NO4S2. The van der Waals surface area contributed by atoms with Gasteiger partial charge >= 0.3 is 5.97 Å². The van der Waals surface area contributed by atoms with E-state index in [1.54, 1.807) is 6.08 Å². The van der Waals surface area contributed by atoms with Gasteiger partial charge in [-0.25, -0.2) is 4.79 Å². The van der Waals surface area contributed by atoms with Gasteiger partial charge in [0, 0.05) is 0 Å². The Hall–Kier alpha value is -1.86. The third kappa shape index (κ3) is 7.13. The summed E-state index contributed by atoms with van der Waals surface area (Å²) in [7, 11) is 0. The number of amides is 1. The van der Waals surface area contributed by atoms with E-state index in [9.17, 15) is 14.7 Å². The lowest BCUT2D eigenvalue weighted by Crippen LogP contribution is -2.43. The van der Waals surface area contributed by atoms with E-state index in [1.807, 2.05) is 31.2 Å². The number of hydrogen-bond donors (Lipinski definition) is 1. The van der Waals surface area contributed by atoms with Gasteiger partial charge in [0.05, 0.1) is 11.5 Å². The van der Waals surface area contributed by atoms with Gasteiger partial charge < -0.3 is 9.84 Å². The fourth-order valence-electron chi connectivity index (χ4n) is 3.27. The number of ether oxygens (including phenoxy) is 1. The summed E-state index contributed by atoms with van der Waals surface area (Å²) in [6.07, 6.45) is 10.1. The zero-order chi connectivity index (χ0) is 21.9. The lowest BCUT2D eigenvalue weighted by atomic mass is 10.1. The van der Waals surface area contributed by atoms with Crippen LogP contribution in [0.3, 0.4) is 0 Å². The highest BCUT2D eigenvalue weighted by atomic mass is 32.2. The molecule has 0 spiro atoms. The van der Waals surface area contributed by atoms with Crippen molar-refractivity contribution >= 4 is 46.3 Å². The monoisotopic (exact) mass is 449 g/mol. The Morgan fingerprint density at radius 3 is 2.43 bits per heavy atom. The summed E-state index contributed by atoms with van der Waals surface area (Å²) < 4.78 is 6.09. The molecule has 0 aromatic heterocycles. The minimum absolute atomic E-state index is 0.297. The average Bonchev–Trinajstić information content (AvgIpc) is 2.99. The highest BCUT2D eigenvalue weighted by Gasteiger charge is 2.39. The maximum Gasteiger partial charge on any atom is 0.326 e. The topological polar surface area (TPSA) is 66.8 Å². The van der Waals surface area contributed by atoms with Crippen molar-refractivity contribution in [3.8, 4) is 5.75 Å². The Balaban J connectivity index is 1.91. The number of rotatable bonds is 13. The molecule has 1 heterocycles. The summed E-state index contributed by atoms with van der Waals surface area (Å²) in [6, 6.07) is 6.65. The number of carboxylic acids is 1. The predicted molar refractivity (Wildman–Crippen MR) is 127 cm³/mol. The molecule has 1 N–H and O–H groups in total. The van der Waals surface area contributed by atoms with Crippen LogP contribution >= 0.6 is 24.0 Å². The number of carbonyl (C=O) groups is 2. The van der Waals surface area contributed by atoms with E-state index in [4.69, 9.17) is 17.0 Å². The predicted octanol–water partition coefficient (Wildman–Crippen LogP) is 5.88. The van der Waals surface area contributed by atoms with Crippen molar-refractivity contribution in [2.75, 3.05) is 6.61 Å². The number of benzene rings is 1. The number of hydrogen-bond acceptors (Lipinski definition) is 5. The van der Waals surface area contributed by atoms with Crippen LogP contribution in [0.4, 0.5) is 0 Å². The molecule has 1 fully saturated rings. The summed E-state index contributed by atoms with van der Waals surface area (Å²) in [5, 5.41) is 9.45. The smallest absolute Gasteiger partial charge is 0.326 e. The Morgan fingerprint density at radius 2 is 1.80 bits per heavy atom. The molecule has 7 heteroatoms. The summed E-state index contributed by atoms with van der Waals surface area (Å²) in [5.41, 5.74) is 0.852. The molecule has 2 rings (SSSR count). The van der Waals surface area contributed by atoms with Gasteiger partial charge in [-0.2, -0.15) is 0 Å². The van der Waals surface area contributed by atoms with Crippen molar-refractivity contribution in [1.82, 2.24) is 4.90 Å². The van der Waals surface area contributed by atoms with E-state index in [0.29, 0.717) is 28.7 Å². The third-order valence-electron chi connectivity index (χ3n) is 4.93. The number of thiocarbonyl (C=S) groups is 1. The summed E-state index contributed by atoms with van der Waals surface area (Å²) >= 11 is 6.43. The van der Waals surface area contributed by atoms with Crippen molar-refractivity contribution in [2.45, 2.75) is 71.3 Å². The van der Waals surface area contributed by atoms with Crippen LogP contribution < -0.4 is 4.74 Å². The zero-order valence-electron chi connectivity index (χ0n) is 17.8. The van der Waals surface area contributed by atoms with Crippen LogP contribution in [0.2, 0.25) is 0 Å². The number of aliphatic carboxylic acids is 1. The Bertz CT molecular complexity index is 761. The SMILES string of the molecule is CCCCCCCCOc1ccc(/C=C2/SC(=S)N([C@@H](CCC)C(=O)O)C2=O)cc1. The summed E-state index contributed by atoms with van der Waals surface area (Å²) in [4.78, 5) is 26.0. The number of carbonyl (C=O) groups excluding carboxylic acids is 1. The second-order valence-electron chi connectivity index (χ2n) is 7.38. The van der Waals surface area contributed by atoms with Crippen LogP contribution in [0.15, 0.2) is 29.2 Å². The van der Waals surface area contributed by atoms with E-state index in [-0.39, 0.29) is 5.91 Å². The molecule has 1 saturated heterocycles. The van der Waals surface area contributed by atoms with Crippen LogP contribution in [-0.2, 0) is 9.59 Å². The standard InChI is InChI=1S/C23H31NO4S2/c1-3-5-6-7-8-9-15-28-18-13-11-17(12-14-18)16-20-21(25)24(23(29)30-20)19(10-4-2)22(26)27/h11-14,16,19H,3-10,15H2,1-2H3,(H,26,27)/b20-16+/t19-/m0/s1. The Morgan fingerprint density at radius 1 is 1.13 bits per heavy atom. The van der Waals surface area contributed by atoms with Crippen molar-refractivity contribution in [1.29, 1.82) is 0 Å². The molecule has 1 aliphatic rings. The normalized spacial score (nSPS) is 16.3. The van der Waals surface area contributed by atoms with Gasteiger partial charge in [-0.05, 0) is 36.6 Å². The fourth-order valence-corrected chi connectivity index (χ4v) is 4.63. The van der Waals surface area contributed by atoms with Crippen LogP contribution in [0.25, 0.3) is 6.08 Å². The van der Waals surface area contributed by atoms with Gasteiger partial charge in [-0.15, -0.1) is 0 Å². The molecule has 5 nitrogen and oxygen atoms in total. The first-order valence-corrected chi connectivity index (χ1v) is 11.9. The van der Waals surface area contributed by atoms with Gasteiger partial charge in [0.1, 0.15) is 16.1 Å². The highest BCUT2D eigenvalue weighted by molar-refractivity contribution is 8.26. The molecule has 1 atom stereocenters. The molecule has 0 unspecified atom stereocenters. The number of nitrogens with zero attached hydrogens (tertiary/aromatic N) is 1. The average molecular weight is 450 g/mol. The second-order valence-corrected chi connectivity index (χ2v) is 9.06. The van der Waals surface area contributed by atoms with Gasteiger partial charge in [0.2, 0.25) is 0 Å². The molecule has 30 heavy (non-hydrogen) atoms. The molecular weight excluding hydrogens is 418 g/mol. The lowest BCUT2D eigenvalue weighted by Gasteiger charge is -2.22. The van der Waals surface area contributed by atoms with E-state index >= 15 is 0 Å². The van der Waals surface area contributed by atoms with Crippen molar-refractivity contribution in [2.24, 2.45) is 0 Å². The van der Waals surface area contributed by atoms with E-state index in [2.05, 4.69) is 6.92 Å². The maximum absolute atomic E-state index is 12.7. The first kappa shape index (κ1) is 24.4. The van der Waals surface area contributed by atoms with Crippen LogP contribution in [0, 0.1) is 0 Å². The zero-order valence-corrected chi connectivity index (χ0v) is 19.4. The molecule has 0 bridgehead atoms. The minimum Gasteiger partial charge on any atom is -0.494 e. The van der Waals surface area contributed by atoms with Crippen molar-refractivity contribution in [3.63, 3.8) is 0 Å². The molecule has 1 aromatic rings. The summed E-state index contributed by atoms with van der Waals surface area (Å²) in [6.45, 7) is 4.81. The van der Waals surface area contributed by atoms with Crippen molar-refractivity contribution in [3.05, 3.63) is 34.7 Å². The van der Waals surface area contributed by atoms with Gasteiger partial charge in [0.15, 0.2) is 0 Å². The maximum atomic E-state index is 12.7. The largest absolute Gasteiger partial charge is 0.494 e. The molecule has 1 aromatic carbocycles. The molecule has 1 amide bonds. The van der Waals surface area contributed by atoms with E-state index in [1.165, 1.54) is 37.0 Å². The molecule has 0 radical (unpaired) electrons. The van der Waals surface area contributed by atoms with Crippen molar-refractivity contribution < 1.29 is 19.4 Å². The third-order valence-corrected chi connectivity index (χ3v) is 6.26. The number of thioether (sulfide) groups is 1. The summed E-state index contributed by atoms with van der Waals surface area (Å²) in [5.74, 6) is -0.558. The Kier molecular flexibility index (Phi) is 10.4. The first-order chi connectivity index (χ1) is 14.5. The minimum atomic E-state index is -1.03. The highest BCUT2D eigenvalue weighted by Crippen LogP contribution is 2.35. The molecule has 0 saturated carbocycles. The van der Waals surface area contributed by atoms with Gasteiger partial charge in [-0.3, -0.25) is 9.69 Å².